The molecule has 2 aromatic carbocycles. The van der Waals surface area contributed by atoms with E-state index in [2.05, 4.69) is 87.5 Å². The van der Waals surface area contributed by atoms with Gasteiger partial charge in [0.25, 0.3) is 0 Å². The minimum atomic E-state index is 0.194. The first-order valence-electron chi connectivity index (χ1n) is 6.86. The van der Waals surface area contributed by atoms with Crippen molar-refractivity contribution in [1.82, 2.24) is 0 Å². The Labute approximate surface area is 116 Å². The van der Waals surface area contributed by atoms with E-state index in [0.29, 0.717) is 0 Å². The van der Waals surface area contributed by atoms with Gasteiger partial charge in [0.05, 0.1) is 0 Å². The van der Waals surface area contributed by atoms with Gasteiger partial charge in [0.1, 0.15) is 0 Å². The first kappa shape index (κ1) is 13.6. The summed E-state index contributed by atoms with van der Waals surface area (Å²) in [6.07, 6.45) is 3.37. The highest BCUT2D eigenvalue weighted by Crippen LogP contribution is 2.26. The Morgan fingerprint density at radius 3 is 1.89 bits per heavy atom. The van der Waals surface area contributed by atoms with Crippen LogP contribution in [0.5, 0.6) is 0 Å². The highest BCUT2D eigenvalue weighted by Gasteiger charge is 2.10. The Morgan fingerprint density at radius 1 is 0.842 bits per heavy atom. The van der Waals surface area contributed by atoms with E-state index in [-0.39, 0.29) is 5.41 Å². The molecule has 0 nitrogen and oxygen atoms in total. The molecule has 0 atom stereocenters. The molecule has 0 aliphatic rings. The van der Waals surface area contributed by atoms with E-state index in [1.54, 1.807) is 0 Å². The van der Waals surface area contributed by atoms with Crippen molar-refractivity contribution in [3.63, 3.8) is 0 Å². The van der Waals surface area contributed by atoms with E-state index in [1.807, 2.05) is 0 Å². The lowest BCUT2D eigenvalue weighted by atomic mass is 9.88. The highest BCUT2D eigenvalue weighted by molar-refractivity contribution is 5.68. The molecule has 0 heterocycles. The van der Waals surface area contributed by atoms with E-state index < -0.39 is 0 Å². The quantitative estimate of drug-likeness (QED) is 0.688. The Bertz CT molecular complexity index is 527. The van der Waals surface area contributed by atoms with Crippen molar-refractivity contribution in [2.75, 3.05) is 0 Å². The van der Waals surface area contributed by atoms with Gasteiger partial charge in [0, 0.05) is 0 Å². The molecular formula is C19H22. The molecule has 0 bridgehead atoms. The Hall–Kier alpha value is -1.82. The van der Waals surface area contributed by atoms with Crippen LogP contribution in [0.25, 0.3) is 5.57 Å². The third-order valence-electron chi connectivity index (χ3n) is 2.99. The van der Waals surface area contributed by atoms with Crippen LogP contribution in [0.4, 0.5) is 0 Å². The molecule has 2 aromatic rings. The van der Waals surface area contributed by atoms with Gasteiger partial charge in [-0.1, -0.05) is 87.5 Å². The fourth-order valence-electron chi connectivity index (χ4n) is 2.23. The largest absolute Gasteiger partial charge is 0.0750 e. The molecule has 0 radical (unpaired) electrons. The zero-order chi connectivity index (χ0) is 13.7. The molecule has 0 heteroatoms. The van der Waals surface area contributed by atoms with Gasteiger partial charge in [0.2, 0.25) is 0 Å². The summed E-state index contributed by atoms with van der Waals surface area (Å²) < 4.78 is 0. The molecule has 98 valence electrons. The monoisotopic (exact) mass is 250 g/mol. The van der Waals surface area contributed by atoms with Crippen LogP contribution in [0.3, 0.4) is 0 Å². The van der Waals surface area contributed by atoms with Crippen LogP contribution in [0.2, 0.25) is 0 Å². The van der Waals surface area contributed by atoms with Crippen LogP contribution in [-0.2, 0) is 6.42 Å². The lowest BCUT2D eigenvalue weighted by Crippen LogP contribution is -2.03. The van der Waals surface area contributed by atoms with Crippen LogP contribution in [0.1, 0.15) is 31.9 Å². The smallest absolute Gasteiger partial charge is 0.00228 e. The van der Waals surface area contributed by atoms with Gasteiger partial charge in [-0.15, -0.1) is 0 Å². The third-order valence-corrected chi connectivity index (χ3v) is 2.99. The van der Waals surface area contributed by atoms with Crippen molar-refractivity contribution in [3.8, 4) is 0 Å². The number of hydrogen-bond acceptors (Lipinski definition) is 0. The van der Waals surface area contributed by atoms with Crippen LogP contribution >= 0.6 is 0 Å². The van der Waals surface area contributed by atoms with Crippen LogP contribution in [0, 0.1) is 5.41 Å². The molecule has 0 spiro atoms. The number of rotatable bonds is 3. The molecule has 0 aliphatic heterocycles. The van der Waals surface area contributed by atoms with Gasteiger partial charge in [-0.25, -0.2) is 0 Å². The average Bonchev–Trinajstić information content (AvgIpc) is 2.39. The Balaban J connectivity index is 2.34. The number of benzene rings is 2. The second-order valence-electron chi connectivity index (χ2n) is 6.06. The topological polar surface area (TPSA) is 0 Å². The maximum atomic E-state index is 2.38. The molecule has 0 saturated heterocycles. The van der Waals surface area contributed by atoms with Crippen molar-refractivity contribution in [2.45, 2.75) is 27.2 Å². The first-order valence-corrected chi connectivity index (χ1v) is 6.86. The molecular weight excluding hydrogens is 228 g/mol. The predicted octanol–water partition coefficient (Wildman–Crippen LogP) is 5.36. The van der Waals surface area contributed by atoms with E-state index in [0.717, 1.165) is 6.42 Å². The van der Waals surface area contributed by atoms with Gasteiger partial charge in [0.15, 0.2) is 0 Å². The zero-order valence-electron chi connectivity index (χ0n) is 12.1. The normalized spacial score (nSPS) is 12.5. The van der Waals surface area contributed by atoms with E-state index >= 15 is 0 Å². The summed E-state index contributed by atoms with van der Waals surface area (Å²) in [5.41, 5.74) is 4.28. The lowest BCUT2D eigenvalue weighted by Gasteiger charge is -2.17. The van der Waals surface area contributed by atoms with Crippen LogP contribution in [-0.4, -0.2) is 0 Å². The fourth-order valence-corrected chi connectivity index (χ4v) is 2.23. The van der Waals surface area contributed by atoms with Crippen molar-refractivity contribution in [1.29, 1.82) is 0 Å². The van der Waals surface area contributed by atoms with Gasteiger partial charge in [-0.05, 0) is 28.5 Å². The lowest BCUT2D eigenvalue weighted by molar-refractivity contribution is 0.545. The summed E-state index contributed by atoms with van der Waals surface area (Å²) in [6, 6.07) is 21.3. The summed E-state index contributed by atoms with van der Waals surface area (Å²) in [7, 11) is 0. The minimum absolute atomic E-state index is 0.194. The Kier molecular flexibility index (Phi) is 4.21. The number of allylic oxidation sites excluding steroid dienone is 2. The maximum Gasteiger partial charge on any atom is -0.00228 e. The van der Waals surface area contributed by atoms with E-state index in [4.69, 9.17) is 0 Å². The fraction of sp³-hybridized carbons (Fsp3) is 0.263. The van der Waals surface area contributed by atoms with Gasteiger partial charge >= 0.3 is 0 Å². The van der Waals surface area contributed by atoms with Crippen molar-refractivity contribution in [3.05, 3.63) is 77.9 Å². The van der Waals surface area contributed by atoms with Crippen molar-refractivity contribution < 1.29 is 0 Å². The predicted molar refractivity (Wildman–Crippen MR) is 84.0 cm³/mol. The molecule has 0 aromatic heterocycles. The molecule has 0 amide bonds. The average molecular weight is 250 g/mol. The minimum Gasteiger partial charge on any atom is -0.0750 e. The van der Waals surface area contributed by atoms with Gasteiger partial charge < -0.3 is 0 Å². The van der Waals surface area contributed by atoms with Crippen molar-refractivity contribution >= 4 is 5.57 Å². The van der Waals surface area contributed by atoms with Crippen LogP contribution in [0.15, 0.2) is 66.7 Å². The second kappa shape index (κ2) is 5.88. The molecule has 19 heavy (non-hydrogen) atoms. The molecule has 0 fully saturated rings. The first-order chi connectivity index (χ1) is 9.04. The Morgan fingerprint density at radius 2 is 1.37 bits per heavy atom. The summed E-state index contributed by atoms with van der Waals surface area (Å²) >= 11 is 0. The standard InChI is InChI=1S/C19H22/c1-19(2,3)15-18(17-12-8-5-9-13-17)14-16-10-6-4-7-11-16/h4-13,15H,14H2,1-3H3/b18-15-. The summed E-state index contributed by atoms with van der Waals surface area (Å²) in [4.78, 5) is 0. The molecule has 0 unspecified atom stereocenters. The van der Waals surface area contributed by atoms with E-state index in [1.165, 1.54) is 16.7 Å². The van der Waals surface area contributed by atoms with Gasteiger partial charge in [-0.3, -0.25) is 0 Å². The highest BCUT2D eigenvalue weighted by atomic mass is 14.2. The number of hydrogen-bond donors (Lipinski definition) is 0. The molecule has 2 rings (SSSR count). The zero-order valence-corrected chi connectivity index (χ0v) is 12.1. The van der Waals surface area contributed by atoms with E-state index in [9.17, 15) is 0 Å². The SMILES string of the molecule is CC(C)(C)/C=C(/Cc1ccccc1)c1ccccc1. The van der Waals surface area contributed by atoms with Crippen molar-refractivity contribution in [2.24, 2.45) is 5.41 Å². The van der Waals surface area contributed by atoms with Crippen LogP contribution < -0.4 is 0 Å². The van der Waals surface area contributed by atoms with Gasteiger partial charge in [-0.2, -0.15) is 0 Å². The maximum absolute atomic E-state index is 2.38. The molecule has 0 saturated carbocycles. The third kappa shape index (κ3) is 4.40. The molecule has 0 aliphatic carbocycles. The summed E-state index contributed by atoms with van der Waals surface area (Å²) in [5, 5.41) is 0. The molecule has 0 N–H and O–H groups in total. The summed E-state index contributed by atoms with van der Waals surface area (Å²) in [5.74, 6) is 0. The second-order valence-corrected chi connectivity index (χ2v) is 6.06. The summed E-state index contributed by atoms with van der Waals surface area (Å²) in [6.45, 7) is 6.75.